The summed E-state index contributed by atoms with van der Waals surface area (Å²) in [6.07, 6.45) is -0.0577. The topological polar surface area (TPSA) is 69.5 Å². The molecule has 7 nitrogen and oxygen atoms in total. The highest BCUT2D eigenvalue weighted by Gasteiger charge is 2.31. The lowest BCUT2D eigenvalue weighted by Gasteiger charge is -2.22. The van der Waals surface area contributed by atoms with Crippen molar-refractivity contribution in [3.05, 3.63) is 66.4 Å². The molecule has 0 atom stereocenters. The molecule has 0 radical (unpaired) electrons. The normalized spacial score (nSPS) is 11.4. The van der Waals surface area contributed by atoms with E-state index >= 15 is 0 Å². The van der Waals surface area contributed by atoms with E-state index in [1.807, 2.05) is 0 Å². The number of halogens is 3. The number of nitrogens with zero attached hydrogens (tertiary/aromatic N) is 4. The van der Waals surface area contributed by atoms with Crippen LogP contribution in [-0.4, -0.2) is 52.0 Å². The average Bonchev–Trinajstić information content (AvgIpc) is 3.16. The SMILES string of the molecule is COCCN(Cc1ccnc(-c2cccc(OC(F)(F)F)c2)c1)C(=O)c1cn(C)cn1. The van der Waals surface area contributed by atoms with E-state index in [1.165, 1.54) is 18.2 Å². The Kier molecular flexibility index (Phi) is 6.91. The van der Waals surface area contributed by atoms with Gasteiger partial charge in [-0.25, -0.2) is 4.98 Å². The number of carbonyl (C=O) groups is 1. The number of alkyl halides is 3. The molecule has 0 N–H and O–H groups in total. The number of amides is 1. The fraction of sp³-hybridized carbons (Fsp3) is 0.286. The van der Waals surface area contributed by atoms with E-state index in [1.54, 1.807) is 60.5 Å². The Labute approximate surface area is 177 Å². The molecule has 0 aliphatic rings. The first-order chi connectivity index (χ1) is 14.7. The smallest absolute Gasteiger partial charge is 0.406 e. The fourth-order valence-electron chi connectivity index (χ4n) is 2.94. The van der Waals surface area contributed by atoms with Gasteiger partial charge in [-0.05, 0) is 29.8 Å². The van der Waals surface area contributed by atoms with Crippen molar-refractivity contribution in [3.63, 3.8) is 0 Å². The first kappa shape index (κ1) is 22.3. The predicted molar refractivity (Wildman–Crippen MR) is 106 cm³/mol. The second-order valence-corrected chi connectivity index (χ2v) is 6.77. The summed E-state index contributed by atoms with van der Waals surface area (Å²) in [5, 5.41) is 0. The van der Waals surface area contributed by atoms with E-state index < -0.39 is 6.36 Å². The maximum Gasteiger partial charge on any atom is 0.573 e. The molecular weight excluding hydrogens is 413 g/mol. The molecule has 10 heteroatoms. The minimum atomic E-state index is -4.78. The van der Waals surface area contributed by atoms with Crippen LogP contribution in [0.1, 0.15) is 16.1 Å². The number of hydrogen-bond donors (Lipinski definition) is 0. The zero-order valence-electron chi connectivity index (χ0n) is 17.0. The quantitative estimate of drug-likeness (QED) is 0.541. The largest absolute Gasteiger partial charge is 0.573 e. The van der Waals surface area contributed by atoms with Gasteiger partial charge in [-0.15, -0.1) is 13.2 Å². The van der Waals surface area contributed by atoms with Gasteiger partial charge >= 0.3 is 6.36 Å². The molecule has 31 heavy (non-hydrogen) atoms. The standard InChI is InChI=1S/C21H21F3N4O3/c1-27-13-19(26-14-27)20(29)28(8-9-30-2)12-15-6-7-25-18(10-15)16-4-3-5-17(11-16)31-21(22,23)24/h3-7,10-11,13-14H,8-9,12H2,1-2H3. The zero-order valence-corrected chi connectivity index (χ0v) is 17.0. The maximum atomic E-state index is 12.9. The summed E-state index contributed by atoms with van der Waals surface area (Å²) in [5.74, 6) is -0.583. The summed E-state index contributed by atoms with van der Waals surface area (Å²) >= 11 is 0. The number of aryl methyl sites for hydroxylation is 1. The van der Waals surface area contributed by atoms with Gasteiger partial charge in [-0.1, -0.05) is 12.1 Å². The van der Waals surface area contributed by atoms with E-state index in [0.29, 0.717) is 30.1 Å². The summed E-state index contributed by atoms with van der Waals surface area (Å²) in [4.78, 5) is 22.8. The van der Waals surface area contributed by atoms with E-state index in [4.69, 9.17) is 4.74 Å². The third kappa shape index (κ3) is 6.29. The number of ether oxygens (including phenoxy) is 2. The van der Waals surface area contributed by atoms with Crippen molar-refractivity contribution in [1.82, 2.24) is 19.4 Å². The highest BCUT2D eigenvalue weighted by atomic mass is 19.4. The highest BCUT2D eigenvalue weighted by molar-refractivity contribution is 5.92. The van der Waals surface area contributed by atoms with Gasteiger partial charge in [0.2, 0.25) is 0 Å². The molecule has 3 aromatic rings. The third-order valence-corrected chi connectivity index (χ3v) is 4.34. The van der Waals surface area contributed by atoms with Crippen LogP contribution in [0.15, 0.2) is 55.1 Å². The summed E-state index contributed by atoms with van der Waals surface area (Å²) in [6, 6.07) is 9.04. The molecular formula is C21H21F3N4O3. The van der Waals surface area contributed by atoms with E-state index in [9.17, 15) is 18.0 Å². The molecule has 0 saturated heterocycles. The van der Waals surface area contributed by atoms with Crippen LogP contribution in [0.25, 0.3) is 11.3 Å². The van der Waals surface area contributed by atoms with Gasteiger partial charge in [0, 0.05) is 45.2 Å². The summed E-state index contributed by atoms with van der Waals surface area (Å²) in [5.41, 5.74) is 1.99. The van der Waals surface area contributed by atoms with Crippen LogP contribution in [0.3, 0.4) is 0 Å². The van der Waals surface area contributed by atoms with Gasteiger partial charge in [0.25, 0.3) is 5.91 Å². The van der Waals surface area contributed by atoms with Gasteiger partial charge in [-0.3, -0.25) is 9.78 Å². The number of carbonyl (C=O) groups excluding carboxylic acids is 1. The number of rotatable bonds is 8. The molecule has 0 aliphatic carbocycles. The Morgan fingerprint density at radius 3 is 2.68 bits per heavy atom. The Morgan fingerprint density at radius 2 is 2.00 bits per heavy atom. The Morgan fingerprint density at radius 1 is 1.19 bits per heavy atom. The molecule has 0 saturated carbocycles. The van der Waals surface area contributed by atoms with Crippen LogP contribution in [0.2, 0.25) is 0 Å². The second kappa shape index (κ2) is 9.61. The van der Waals surface area contributed by atoms with Crippen LogP contribution in [0, 0.1) is 0 Å². The first-order valence-corrected chi connectivity index (χ1v) is 9.32. The van der Waals surface area contributed by atoms with Gasteiger partial charge < -0.3 is 18.9 Å². The summed E-state index contributed by atoms with van der Waals surface area (Å²) < 4.78 is 48.3. The molecule has 2 aromatic heterocycles. The lowest BCUT2D eigenvalue weighted by atomic mass is 10.1. The molecule has 0 spiro atoms. The van der Waals surface area contributed by atoms with Crippen LogP contribution in [0.5, 0.6) is 5.75 Å². The van der Waals surface area contributed by atoms with Crippen molar-refractivity contribution >= 4 is 5.91 Å². The van der Waals surface area contributed by atoms with Crippen molar-refractivity contribution in [2.75, 3.05) is 20.3 Å². The third-order valence-electron chi connectivity index (χ3n) is 4.34. The predicted octanol–water partition coefficient (Wildman–Crippen LogP) is 3.67. The fourth-order valence-corrected chi connectivity index (χ4v) is 2.94. The van der Waals surface area contributed by atoms with Gasteiger partial charge in [-0.2, -0.15) is 0 Å². The van der Waals surface area contributed by atoms with E-state index in [2.05, 4.69) is 14.7 Å². The van der Waals surface area contributed by atoms with Crippen LogP contribution in [-0.2, 0) is 18.3 Å². The van der Waals surface area contributed by atoms with Gasteiger partial charge in [0.1, 0.15) is 11.4 Å². The lowest BCUT2D eigenvalue weighted by Crippen LogP contribution is -2.33. The lowest BCUT2D eigenvalue weighted by molar-refractivity contribution is -0.274. The monoisotopic (exact) mass is 434 g/mol. The van der Waals surface area contributed by atoms with Crippen molar-refractivity contribution < 1.29 is 27.4 Å². The Hall–Kier alpha value is -3.40. The number of aromatic nitrogens is 3. The van der Waals surface area contributed by atoms with E-state index in [0.717, 1.165) is 5.56 Å². The Balaban J connectivity index is 1.82. The number of hydrogen-bond acceptors (Lipinski definition) is 5. The number of methoxy groups -OCH3 is 1. The highest BCUT2D eigenvalue weighted by Crippen LogP contribution is 2.27. The second-order valence-electron chi connectivity index (χ2n) is 6.77. The van der Waals surface area contributed by atoms with E-state index in [-0.39, 0.29) is 18.2 Å². The molecule has 0 unspecified atom stereocenters. The minimum absolute atomic E-state index is 0.253. The van der Waals surface area contributed by atoms with Crippen LogP contribution < -0.4 is 4.74 Å². The summed E-state index contributed by atoms with van der Waals surface area (Å²) in [7, 11) is 3.32. The summed E-state index contributed by atoms with van der Waals surface area (Å²) in [6.45, 7) is 0.943. The van der Waals surface area contributed by atoms with Crippen molar-refractivity contribution in [2.45, 2.75) is 12.9 Å². The Bertz CT molecular complexity index is 1040. The minimum Gasteiger partial charge on any atom is -0.406 e. The molecule has 2 heterocycles. The average molecular weight is 434 g/mol. The van der Waals surface area contributed by atoms with Crippen molar-refractivity contribution in [2.24, 2.45) is 7.05 Å². The molecule has 1 amide bonds. The first-order valence-electron chi connectivity index (χ1n) is 9.32. The molecule has 0 fully saturated rings. The zero-order chi connectivity index (χ0) is 22.4. The molecule has 3 rings (SSSR count). The molecule has 1 aromatic carbocycles. The number of imidazole rings is 1. The molecule has 0 aliphatic heterocycles. The number of pyridine rings is 1. The number of benzene rings is 1. The van der Waals surface area contributed by atoms with Crippen LogP contribution >= 0.6 is 0 Å². The molecule has 0 bridgehead atoms. The van der Waals surface area contributed by atoms with Gasteiger partial charge in [0.05, 0.1) is 18.6 Å². The van der Waals surface area contributed by atoms with Crippen molar-refractivity contribution in [1.29, 1.82) is 0 Å². The van der Waals surface area contributed by atoms with Crippen LogP contribution in [0.4, 0.5) is 13.2 Å². The molecule has 164 valence electrons. The van der Waals surface area contributed by atoms with Crippen molar-refractivity contribution in [3.8, 4) is 17.0 Å². The maximum absolute atomic E-state index is 12.9. The van der Waals surface area contributed by atoms with Gasteiger partial charge in [0.15, 0.2) is 0 Å².